The van der Waals surface area contributed by atoms with Crippen molar-refractivity contribution in [1.29, 1.82) is 0 Å². The predicted octanol–water partition coefficient (Wildman–Crippen LogP) is 3.42. The maximum atomic E-state index is 13.7. The number of fused-ring (bicyclic) bond motifs is 1. The Hall–Kier alpha value is -2.09. The first-order valence-corrected chi connectivity index (χ1v) is 12.2. The Morgan fingerprint density at radius 1 is 1.00 bits per heavy atom. The average Bonchev–Trinajstić information content (AvgIpc) is 3.45. The van der Waals surface area contributed by atoms with E-state index in [2.05, 4.69) is 4.90 Å². The second kappa shape index (κ2) is 8.21. The van der Waals surface area contributed by atoms with Gasteiger partial charge < -0.3 is 14.4 Å². The molecule has 0 radical (unpaired) electrons. The van der Waals surface area contributed by atoms with Gasteiger partial charge in [0.05, 0.1) is 25.4 Å². The first-order valence-electron chi connectivity index (χ1n) is 10.8. The lowest BCUT2D eigenvalue weighted by atomic mass is 10.2. The molecule has 30 heavy (non-hydrogen) atoms. The van der Waals surface area contributed by atoms with Crippen molar-refractivity contribution < 1.29 is 17.9 Å². The molecule has 2 aromatic carbocycles. The number of sulfonamides is 1. The molecule has 160 valence electrons. The van der Waals surface area contributed by atoms with Crippen LogP contribution in [0.1, 0.15) is 31.2 Å². The largest absolute Gasteiger partial charge is 0.485 e. The van der Waals surface area contributed by atoms with E-state index in [-0.39, 0.29) is 12.1 Å². The number of hydrogen-bond acceptors (Lipinski definition) is 5. The van der Waals surface area contributed by atoms with E-state index in [0.29, 0.717) is 30.4 Å². The lowest BCUT2D eigenvalue weighted by Crippen LogP contribution is -2.40. The molecule has 0 amide bonds. The monoisotopic (exact) mass is 428 g/mol. The summed E-state index contributed by atoms with van der Waals surface area (Å²) in [5.41, 5.74) is 1.87. The number of hydrogen-bond donors (Lipinski definition) is 0. The molecule has 0 spiro atoms. The summed E-state index contributed by atoms with van der Waals surface area (Å²) in [4.78, 5) is 2.51. The topological polar surface area (TPSA) is 59.1 Å². The van der Waals surface area contributed by atoms with E-state index in [1.54, 1.807) is 10.4 Å². The molecule has 3 aliphatic rings. The van der Waals surface area contributed by atoms with E-state index in [4.69, 9.17) is 9.47 Å². The van der Waals surface area contributed by atoms with E-state index >= 15 is 0 Å². The van der Waals surface area contributed by atoms with Crippen LogP contribution in [0.4, 0.5) is 5.69 Å². The summed E-state index contributed by atoms with van der Waals surface area (Å²) in [5, 5.41) is 0. The summed E-state index contributed by atoms with van der Waals surface area (Å²) in [7, 11) is -3.62. The van der Waals surface area contributed by atoms with E-state index in [1.165, 1.54) is 0 Å². The normalized spacial score (nSPS) is 23.6. The highest BCUT2D eigenvalue weighted by Gasteiger charge is 2.44. The molecule has 2 fully saturated rings. The van der Waals surface area contributed by atoms with Gasteiger partial charge in [-0.2, -0.15) is 4.31 Å². The molecule has 1 saturated heterocycles. The highest BCUT2D eigenvalue weighted by Crippen LogP contribution is 2.43. The van der Waals surface area contributed by atoms with Gasteiger partial charge in [-0.05, 0) is 43.4 Å². The molecule has 1 aliphatic carbocycles. The van der Waals surface area contributed by atoms with Gasteiger partial charge in [-0.15, -0.1) is 0 Å². The van der Waals surface area contributed by atoms with Crippen molar-refractivity contribution in [1.82, 2.24) is 4.31 Å². The van der Waals surface area contributed by atoms with E-state index in [0.717, 1.165) is 50.0 Å². The van der Waals surface area contributed by atoms with Gasteiger partial charge in [0.2, 0.25) is 10.0 Å². The fourth-order valence-electron chi connectivity index (χ4n) is 4.37. The molecule has 2 aliphatic heterocycles. The van der Waals surface area contributed by atoms with Gasteiger partial charge >= 0.3 is 0 Å². The van der Waals surface area contributed by atoms with Crippen molar-refractivity contribution in [2.75, 3.05) is 31.1 Å². The standard InChI is InChI=1S/C23H28N2O4S/c26-30(27)23-21(24-13-4-5-14-24)9-6-10-22(23)29-20(15-25(30)19-11-12-19)17-28-16-18-7-2-1-3-8-18/h1-3,6-10,19-20H,4-5,11-17H2/t20-/m0/s1. The summed E-state index contributed by atoms with van der Waals surface area (Å²) >= 11 is 0. The summed E-state index contributed by atoms with van der Waals surface area (Å²) in [6.07, 6.45) is 3.68. The molecule has 1 saturated carbocycles. The number of ether oxygens (including phenoxy) is 2. The highest BCUT2D eigenvalue weighted by molar-refractivity contribution is 7.89. The zero-order chi connectivity index (χ0) is 20.6. The molecule has 0 bridgehead atoms. The van der Waals surface area contributed by atoms with Gasteiger partial charge in [0.15, 0.2) is 0 Å². The van der Waals surface area contributed by atoms with Gasteiger partial charge in [0.1, 0.15) is 16.7 Å². The van der Waals surface area contributed by atoms with Gasteiger partial charge in [-0.3, -0.25) is 0 Å². The molecule has 2 aromatic rings. The van der Waals surface area contributed by atoms with Crippen molar-refractivity contribution in [2.45, 2.75) is 49.3 Å². The second-order valence-electron chi connectivity index (χ2n) is 8.35. The van der Waals surface area contributed by atoms with Crippen LogP contribution in [0.2, 0.25) is 0 Å². The molecule has 0 unspecified atom stereocenters. The Labute approximate surface area is 178 Å². The van der Waals surface area contributed by atoms with Crippen molar-refractivity contribution >= 4 is 15.7 Å². The number of benzene rings is 2. The van der Waals surface area contributed by atoms with Crippen molar-refractivity contribution in [3.05, 3.63) is 54.1 Å². The number of nitrogens with zero attached hydrogens (tertiary/aromatic N) is 2. The summed E-state index contributed by atoms with van der Waals surface area (Å²) in [5.74, 6) is 0.455. The summed E-state index contributed by atoms with van der Waals surface area (Å²) in [6.45, 7) is 2.94. The minimum atomic E-state index is -3.62. The second-order valence-corrected chi connectivity index (χ2v) is 10.2. The van der Waals surface area contributed by atoms with Crippen molar-refractivity contribution in [3.8, 4) is 5.75 Å². The fraction of sp³-hybridized carbons (Fsp3) is 0.478. The maximum Gasteiger partial charge on any atom is 0.249 e. The van der Waals surface area contributed by atoms with Crippen LogP contribution in [0.3, 0.4) is 0 Å². The van der Waals surface area contributed by atoms with Crippen LogP contribution in [-0.4, -0.2) is 51.1 Å². The molecular weight excluding hydrogens is 400 g/mol. The van der Waals surface area contributed by atoms with Crippen LogP contribution in [0.5, 0.6) is 5.75 Å². The lowest BCUT2D eigenvalue weighted by Gasteiger charge is -2.25. The summed E-state index contributed by atoms with van der Waals surface area (Å²) in [6, 6.07) is 15.7. The molecule has 5 rings (SSSR count). The maximum absolute atomic E-state index is 13.7. The molecular formula is C23H28N2O4S. The quantitative estimate of drug-likeness (QED) is 0.706. The zero-order valence-corrected chi connectivity index (χ0v) is 17.9. The highest BCUT2D eigenvalue weighted by atomic mass is 32.2. The smallest absolute Gasteiger partial charge is 0.249 e. The van der Waals surface area contributed by atoms with E-state index in [9.17, 15) is 8.42 Å². The zero-order valence-electron chi connectivity index (χ0n) is 17.1. The van der Waals surface area contributed by atoms with Gasteiger partial charge in [0.25, 0.3) is 0 Å². The van der Waals surface area contributed by atoms with Crippen LogP contribution < -0.4 is 9.64 Å². The molecule has 6 nitrogen and oxygen atoms in total. The van der Waals surface area contributed by atoms with Crippen LogP contribution in [-0.2, 0) is 21.4 Å². The van der Waals surface area contributed by atoms with Crippen LogP contribution in [0.15, 0.2) is 53.4 Å². The van der Waals surface area contributed by atoms with Crippen LogP contribution >= 0.6 is 0 Å². The average molecular weight is 429 g/mol. The Balaban J connectivity index is 1.43. The van der Waals surface area contributed by atoms with Crippen LogP contribution in [0.25, 0.3) is 0 Å². The van der Waals surface area contributed by atoms with Crippen molar-refractivity contribution in [3.63, 3.8) is 0 Å². The molecule has 0 aromatic heterocycles. The van der Waals surface area contributed by atoms with Gasteiger partial charge in [-0.25, -0.2) is 8.42 Å². The van der Waals surface area contributed by atoms with Gasteiger partial charge in [0, 0.05) is 19.1 Å². The van der Waals surface area contributed by atoms with E-state index < -0.39 is 10.0 Å². The molecule has 1 atom stereocenters. The third-order valence-corrected chi connectivity index (χ3v) is 8.01. The third-order valence-electron chi connectivity index (χ3n) is 6.02. The van der Waals surface area contributed by atoms with Gasteiger partial charge in [-0.1, -0.05) is 36.4 Å². The Morgan fingerprint density at radius 3 is 2.50 bits per heavy atom. The SMILES string of the molecule is O=S1(=O)c2c(cccc2N2CCCC2)O[C@H](COCc2ccccc2)CN1C1CC1. The Kier molecular flexibility index (Phi) is 5.43. The van der Waals surface area contributed by atoms with Crippen LogP contribution in [0, 0.1) is 0 Å². The Morgan fingerprint density at radius 2 is 1.77 bits per heavy atom. The number of anilines is 1. The fourth-order valence-corrected chi connectivity index (χ4v) is 6.41. The molecule has 2 heterocycles. The predicted molar refractivity (Wildman–Crippen MR) is 115 cm³/mol. The minimum Gasteiger partial charge on any atom is -0.485 e. The molecule has 7 heteroatoms. The first kappa shape index (κ1) is 19.8. The first-order chi connectivity index (χ1) is 14.6. The Bertz CT molecular complexity index is 986. The summed E-state index contributed by atoms with van der Waals surface area (Å²) < 4.78 is 41.3. The van der Waals surface area contributed by atoms with E-state index in [1.807, 2.05) is 42.5 Å². The number of rotatable bonds is 6. The van der Waals surface area contributed by atoms with Crippen molar-refractivity contribution in [2.24, 2.45) is 0 Å². The third kappa shape index (κ3) is 3.94. The molecule has 0 N–H and O–H groups in total. The minimum absolute atomic E-state index is 0.0767. The lowest BCUT2D eigenvalue weighted by molar-refractivity contribution is 0.0335.